The van der Waals surface area contributed by atoms with E-state index in [1.54, 1.807) is 42.7 Å². The molecule has 1 aromatic heterocycles. The third-order valence-corrected chi connectivity index (χ3v) is 3.71. The maximum Gasteiger partial charge on any atom is 0.410 e. The Morgan fingerprint density at radius 3 is 2.83 bits per heavy atom. The minimum Gasteiger partial charge on any atom is -0.444 e. The van der Waals surface area contributed by atoms with Crippen LogP contribution in [0, 0.1) is 0 Å². The summed E-state index contributed by atoms with van der Waals surface area (Å²) >= 11 is 0. The van der Waals surface area contributed by atoms with E-state index in [-0.39, 0.29) is 18.8 Å². The number of rotatable bonds is 2. The van der Waals surface area contributed by atoms with E-state index in [1.165, 1.54) is 4.90 Å². The number of carbonyl (C=O) groups excluding carboxylic acids is 2. The van der Waals surface area contributed by atoms with E-state index in [4.69, 9.17) is 9.47 Å². The molecule has 0 spiro atoms. The van der Waals surface area contributed by atoms with Gasteiger partial charge in [0.2, 0.25) is 12.3 Å². The molecule has 2 amide bonds. The second kappa shape index (κ2) is 6.40. The number of nitrogens with one attached hydrogen (secondary N) is 1. The summed E-state index contributed by atoms with van der Waals surface area (Å²) in [5.41, 5.74) is 0.119. The van der Waals surface area contributed by atoms with Crippen LogP contribution < -0.4 is 10.2 Å². The second-order valence-corrected chi connectivity index (χ2v) is 6.80. The molecule has 2 aliphatic heterocycles. The van der Waals surface area contributed by atoms with Gasteiger partial charge in [0.25, 0.3) is 0 Å². The molecule has 3 rings (SSSR count). The van der Waals surface area contributed by atoms with Gasteiger partial charge in [-0.1, -0.05) is 0 Å². The molecule has 9 nitrogen and oxygen atoms in total. The molecule has 0 bridgehead atoms. The van der Waals surface area contributed by atoms with E-state index in [1.807, 2.05) is 0 Å². The van der Waals surface area contributed by atoms with Crippen LogP contribution in [0.4, 0.5) is 10.5 Å². The highest BCUT2D eigenvalue weighted by Gasteiger charge is 2.31. The third kappa shape index (κ3) is 3.68. The van der Waals surface area contributed by atoms with Crippen molar-refractivity contribution < 1.29 is 19.1 Å². The van der Waals surface area contributed by atoms with Crippen LogP contribution in [0.3, 0.4) is 0 Å². The molecule has 2 fully saturated rings. The highest BCUT2D eigenvalue weighted by Crippen LogP contribution is 2.20. The molecule has 0 aromatic carbocycles. The predicted molar refractivity (Wildman–Crippen MR) is 85.4 cm³/mol. The summed E-state index contributed by atoms with van der Waals surface area (Å²) in [5.74, 6) is -0.160. The zero-order chi connectivity index (χ0) is 17.3. The maximum absolute atomic E-state index is 12.4. The fourth-order valence-corrected chi connectivity index (χ4v) is 2.61. The van der Waals surface area contributed by atoms with Gasteiger partial charge >= 0.3 is 6.09 Å². The number of nitrogens with zero attached hydrogens (tertiary/aromatic N) is 4. The van der Waals surface area contributed by atoms with Gasteiger partial charge < -0.3 is 14.4 Å². The van der Waals surface area contributed by atoms with Gasteiger partial charge in [-0.15, -0.1) is 0 Å². The van der Waals surface area contributed by atoms with Crippen molar-refractivity contribution in [2.24, 2.45) is 0 Å². The zero-order valence-electron chi connectivity index (χ0n) is 14.2. The molecule has 2 aliphatic rings. The minimum absolute atomic E-state index is 0.00171. The number of hydrogen-bond acceptors (Lipinski definition) is 6. The molecule has 0 radical (unpaired) electrons. The van der Waals surface area contributed by atoms with Crippen molar-refractivity contribution in [1.29, 1.82) is 0 Å². The number of hydrogen-bond donors (Lipinski definition) is 1. The zero-order valence-corrected chi connectivity index (χ0v) is 14.2. The molecule has 3 heterocycles. The van der Waals surface area contributed by atoms with Crippen molar-refractivity contribution in [3.63, 3.8) is 0 Å². The van der Waals surface area contributed by atoms with Gasteiger partial charge in [0, 0.05) is 19.6 Å². The van der Waals surface area contributed by atoms with E-state index in [2.05, 4.69) is 10.4 Å². The number of amides is 2. The Balaban J connectivity index is 1.62. The Bertz CT molecular complexity index is 618. The SMILES string of the molecule is CC(C)(C)OC(=O)N1CCN(c2cnn(C3NCCO3)c2)C(=O)C1. The summed E-state index contributed by atoms with van der Waals surface area (Å²) in [7, 11) is 0. The van der Waals surface area contributed by atoms with Gasteiger partial charge in [-0.2, -0.15) is 5.10 Å². The summed E-state index contributed by atoms with van der Waals surface area (Å²) < 4.78 is 12.4. The van der Waals surface area contributed by atoms with Gasteiger partial charge in [-0.3, -0.25) is 15.0 Å². The topological polar surface area (TPSA) is 88.9 Å². The Labute approximate surface area is 140 Å². The van der Waals surface area contributed by atoms with Gasteiger partial charge in [-0.25, -0.2) is 9.48 Å². The first-order valence-corrected chi connectivity index (χ1v) is 8.01. The Morgan fingerprint density at radius 1 is 1.42 bits per heavy atom. The Kier molecular flexibility index (Phi) is 4.46. The average molecular weight is 337 g/mol. The average Bonchev–Trinajstić information content (AvgIpc) is 3.16. The van der Waals surface area contributed by atoms with Crippen molar-refractivity contribution in [1.82, 2.24) is 20.0 Å². The summed E-state index contributed by atoms with van der Waals surface area (Å²) in [6.45, 7) is 7.63. The first-order valence-electron chi connectivity index (χ1n) is 8.01. The third-order valence-electron chi connectivity index (χ3n) is 3.71. The number of anilines is 1. The maximum atomic E-state index is 12.4. The van der Waals surface area contributed by atoms with Crippen molar-refractivity contribution >= 4 is 17.7 Å². The second-order valence-electron chi connectivity index (χ2n) is 6.80. The fraction of sp³-hybridized carbons (Fsp3) is 0.667. The highest BCUT2D eigenvalue weighted by molar-refractivity contribution is 5.97. The largest absolute Gasteiger partial charge is 0.444 e. The Hall–Kier alpha value is -2.13. The van der Waals surface area contributed by atoms with E-state index in [9.17, 15) is 9.59 Å². The van der Waals surface area contributed by atoms with Crippen LogP contribution in [-0.4, -0.2) is 65.1 Å². The van der Waals surface area contributed by atoms with Crippen LogP contribution in [0.5, 0.6) is 0 Å². The number of piperazine rings is 1. The van der Waals surface area contributed by atoms with Crippen molar-refractivity contribution in [3.8, 4) is 0 Å². The normalized spacial score (nSPS) is 22.1. The molecule has 132 valence electrons. The highest BCUT2D eigenvalue weighted by atomic mass is 16.6. The molecular weight excluding hydrogens is 314 g/mol. The van der Waals surface area contributed by atoms with Crippen LogP contribution in [-0.2, 0) is 14.3 Å². The molecule has 24 heavy (non-hydrogen) atoms. The van der Waals surface area contributed by atoms with Crippen LogP contribution in [0.2, 0.25) is 0 Å². The van der Waals surface area contributed by atoms with Crippen molar-refractivity contribution in [2.75, 3.05) is 37.7 Å². The molecule has 1 unspecified atom stereocenters. The molecule has 0 saturated carbocycles. The molecule has 2 saturated heterocycles. The molecular formula is C15H23N5O4. The summed E-state index contributed by atoms with van der Waals surface area (Å²) in [4.78, 5) is 27.5. The monoisotopic (exact) mass is 337 g/mol. The van der Waals surface area contributed by atoms with Crippen molar-refractivity contribution in [2.45, 2.75) is 32.7 Å². The fourth-order valence-electron chi connectivity index (χ4n) is 2.61. The van der Waals surface area contributed by atoms with Crippen LogP contribution in [0.1, 0.15) is 27.1 Å². The quantitative estimate of drug-likeness (QED) is 0.847. The van der Waals surface area contributed by atoms with E-state index in [0.29, 0.717) is 25.4 Å². The minimum atomic E-state index is -0.577. The lowest BCUT2D eigenvalue weighted by Gasteiger charge is -2.34. The summed E-state index contributed by atoms with van der Waals surface area (Å²) in [6.07, 6.45) is 2.64. The predicted octanol–water partition coefficient (Wildman–Crippen LogP) is 0.543. The van der Waals surface area contributed by atoms with E-state index < -0.39 is 11.7 Å². The first kappa shape index (κ1) is 16.7. The van der Waals surface area contributed by atoms with Gasteiger partial charge in [0.05, 0.1) is 24.7 Å². The van der Waals surface area contributed by atoms with Gasteiger partial charge in [0.1, 0.15) is 12.1 Å². The van der Waals surface area contributed by atoms with E-state index >= 15 is 0 Å². The Morgan fingerprint density at radius 2 is 2.21 bits per heavy atom. The van der Waals surface area contributed by atoms with Crippen LogP contribution in [0.25, 0.3) is 0 Å². The molecule has 9 heteroatoms. The smallest absolute Gasteiger partial charge is 0.410 e. The standard InChI is InChI=1S/C15H23N5O4/c1-15(2,3)24-14(22)18-5-6-19(12(21)10-18)11-8-17-20(9-11)13-16-4-7-23-13/h8-9,13,16H,4-7,10H2,1-3H3. The molecule has 1 N–H and O–H groups in total. The summed E-state index contributed by atoms with van der Waals surface area (Å²) in [5, 5.41) is 7.39. The lowest BCUT2D eigenvalue weighted by Crippen LogP contribution is -2.53. The van der Waals surface area contributed by atoms with Crippen molar-refractivity contribution in [3.05, 3.63) is 12.4 Å². The number of aromatic nitrogens is 2. The van der Waals surface area contributed by atoms with Gasteiger partial charge in [0.15, 0.2) is 0 Å². The lowest BCUT2D eigenvalue weighted by molar-refractivity contribution is -0.121. The molecule has 1 aromatic rings. The molecule has 0 aliphatic carbocycles. The lowest BCUT2D eigenvalue weighted by atomic mass is 10.2. The van der Waals surface area contributed by atoms with Crippen LogP contribution >= 0.6 is 0 Å². The van der Waals surface area contributed by atoms with E-state index in [0.717, 1.165) is 6.54 Å². The first-order chi connectivity index (χ1) is 11.3. The molecule has 1 atom stereocenters. The summed E-state index contributed by atoms with van der Waals surface area (Å²) in [6, 6.07) is 0. The van der Waals surface area contributed by atoms with Crippen LogP contribution in [0.15, 0.2) is 12.4 Å². The number of carbonyl (C=O) groups is 2. The van der Waals surface area contributed by atoms with Gasteiger partial charge in [-0.05, 0) is 20.8 Å². The number of ether oxygens (including phenoxy) is 2.